The number of nitrogens with one attached hydrogen (secondary N) is 2. The highest BCUT2D eigenvalue weighted by molar-refractivity contribution is 6.48. The van der Waals surface area contributed by atoms with Gasteiger partial charge in [-0.1, -0.05) is 85.0 Å². The number of hydrogen-bond acceptors (Lipinski definition) is 8. The van der Waals surface area contributed by atoms with Crippen LogP contribution in [-0.2, 0) is 35.5 Å². The fraction of sp³-hybridized carbons (Fsp3) is 0.231. The molecule has 6 rings (SSSR count). The number of aliphatic carboxylic acids is 2. The molecule has 4 N–H and O–H groups in total. The van der Waals surface area contributed by atoms with Gasteiger partial charge >= 0.3 is 11.9 Å². The smallest absolute Gasteiger partial charge is 0.306 e. The average Bonchev–Trinajstić information content (AvgIpc) is 3.33. The maximum absolute atomic E-state index is 13.3. The summed E-state index contributed by atoms with van der Waals surface area (Å²) >= 11 is 18.0. The number of carboxylic acid groups (broad SMARTS) is 2. The van der Waals surface area contributed by atoms with E-state index in [2.05, 4.69) is 10.6 Å². The van der Waals surface area contributed by atoms with Gasteiger partial charge < -0.3 is 39.8 Å². The minimum Gasteiger partial charge on any atom is -0.496 e. The molecule has 0 aliphatic heterocycles. The van der Waals surface area contributed by atoms with E-state index in [1.165, 1.54) is 14.2 Å². The molecule has 0 fully saturated rings. The zero-order valence-corrected chi connectivity index (χ0v) is 40.2. The molecule has 0 bridgehead atoms. The molecule has 17 heteroatoms. The summed E-state index contributed by atoms with van der Waals surface area (Å²) < 4.78 is 48.5. The number of carbonyl (C=O) groups excluding carboxylic acids is 2. The zero-order valence-electron chi connectivity index (χ0n) is 37.9. The number of methoxy groups -OCH3 is 2. The Kier molecular flexibility index (Phi) is 19.6. The Morgan fingerprint density at radius 1 is 0.522 bits per heavy atom. The molecule has 0 spiro atoms. The minimum atomic E-state index is -0.876. The van der Waals surface area contributed by atoms with E-state index in [0.717, 1.165) is 40.5 Å². The highest BCUT2D eigenvalue weighted by atomic mass is 35.5. The molecular formula is C52H49Cl3F2N2O10. The van der Waals surface area contributed by atoms with E-state index in [1.807, 2.05) is 26.0 Å². The van der Waals surface area contributed by atoms with E-state index < -0.39 is 35.4 Å². The van der Waals surface area contributed by atoms with Crippen LogP contribution in [0.4, 0.5) is 8.78 Å². The van der Waals surface area contributed by atoms with Gasteiger partial charge in [0.1, 0.15) is 46.1 Å². The van der Waals surface area contributed by atoms with Crippen molar-refractivity contribution in [3.8, 4) is 34.5 Å². The number of carboxylic acids is 2. The predicted molar refractivity (Wildman–Crippen MR) is 259 cm³/mol. The highest BCUT2D eigenvalue weighted by Crippen LogP contribution is 2.36. The summed E-state index contributed by atoms with van der Waals surface area (Å²) in [5, 5.41) is 25.2. The monoisotopic (exact) mass is 1000 g/mol. The van der Waals surface area contributed by atoms with Gasteiger partial charge in [-0.05, 0) is 96.5 Å². The van der Waals surface area contributed by atoms with Crippen LogP contribution in [0.15, 0.2) is 115 Å². The number of carbonyl (C=O) groups is 4. The minimum absolute atomic E-state index is 0.0405. The zero-order chi connectivity index (χ0) is 50.2. The number of benzene rings is 6. The third-order valence-corrected chi connectivity index (χ3v) is 11.9. The molecule has 0 radical (unpaired) electrons. The van der Waals surface area contributed by atoms with Crippen LogP contribution < -0.4 is 29.6 Å². The van der Waals surface area contributed by atoms with E-state index in [0.29, 0.717) is 75.6 Å². The van der Waals surface area contributed by atoms with Crippen molar-refractivity contribution >= 4 is 58.6 Å². The van der Waals surface area contributed by atoms with Gasteiger partial charge in [0.2, 0.25) is 0 Å². The van der Waals surface area contributed by atoms with E-state index in [1.54, 1.807) is 84.9 Å². The highest BCUT2D eigenvalue weighted by Gasteiger charge is 2.21. The lowest BCUT2D eigenvalue weighted by Gasteiger charge is -2.14. The van der Waals surface area contributed by atoms with Gasteiger partial charge in [-0.3, -0.25) is 19.2 Å². The van der Waals surface area contributed by atoms with Crippen LogP contribution in [0, 0.1) is 23.5 Å². The summed E-state index contributed by atoms with van der Waals surface area (Å²) in [7, 11) is 2.94. The Bertz CT molecular complexity index is 2720. The number of halogens is 5. The Hall–Kier alpha value is -6.87. The van der Waals surface area contributed by atoms with Gasteiger partial charge in [-0.2, -0.15) is 0 Å². The first-order valence-electron chi connectivity index (χ1n) is 21.5. The molecule has 0 saturated carbocycles. The standard InChI is InChI=1S/C26H24Cl3NO5.C26H25F2NO5/c1-3-17(26(32)33)10-16-6-9-23(34-2)20(11-16)25(31)30-14-15-4-7-18(8-5-15)35-19-12-21(27)24(29)22(28)13-19;1-3-18(26(31)32)10-17-6-9-24(33-2)23(11-17)25(30)29-15-16-4-7-21(8-5-16)34-22-13-19(27)12-20(28)14-22/h4-9,11-13,17H,3,10,14H2,1-2H3,(H,30,31)(H,32,33);4-9,11-14,18H,3,10,15H2,1-2H3,(H,29,30)(H,31,32)/t17-;18-/m00/s1. The van der Waals surface area contributed by atoms with Crippen LogP contribution in [-0.4, -0.2) is 48.2 Å². The first-order valence-corrected chi connectivity index (χ1v) is 22.6. The molecule has 0 aromatic heterocycles. The second kappa shape index (κ2) is 25.5. The molecule has 2 amide bonds. The molecule has 6 aromatic rings. The largest absolute Gasteiger partial charge is 0.496 e. The van der Waals surface area contributed by atoms with Crippen LogP contribution in [0.3, 0.4) is 0 Å². The number of rotatable bonds is 20. The lowest BCUT2D eigenvalue weighted by Crippen LogP contribution is -2.24. The van der Waals surface area contributed by atoms with Gasteiger partial charge in [0.25, 0.3) is 11.8 Å². The summed E-state index contributed by atoms with van der Waals surface area (Å²) in [5.74, 6) is -2.69. The second-order valence-corrected chi connectivity index (χ2v) is 16.7. The maximum atomic E-state index is 13.3. The van der Waals surface area contributed by atoms with Crippen molar-refractivity contribution in [2.24, 2.45) is 11.8 Å². The van der Waals surface area contributed by atoms with Crippen LogP contribution in [0.2, 0.25) is 15.1 Å². The van der Waals surface area contributed by atoms with Crippen LogP contribution in [0.25, 0.3) is 0 Å². The van der Waals surface area contributed by atoms with E-state index in [-0.39, 0.29) is 35.7 Å². The fourth-order valence-electron chi connectivity index (χ4n) is 6.86. The first kappa shape index (κ1) is 53.1. The van der Waals surface area contributed by atoms with Crippen molar-refractivity contribution in [1.29, 1.82) is 0 Å². The molecule has 362 valence electrons. The molecular weight excluding hydrogens is 957 g/mol. The maximum Gasteiger partial charge on any atom is 0.306 e. The van der Waals surface area contributed by atoms with Crippen molar-refractivity contribution in [2.75, 3.05) is 14.2 Å². The summed E-state index contributed by atoms with van der Waals surface area (Å²) in [6, 6.07) is 30.1. The van der Waals surface area contributed by atoms with E-state index in [9.17, 15) is 38.2 Å². The molecule has 2 atom stereocenters. The Labute approximate surface area is 413 Å². The van der Waals surface area contributed by atoms with E-state index in [4.69, 9.17) is 53.8 Å². The molecule has 6 aromatic carbocycles. The molecule has 0 saturated heterocycles. The van der Waals surface area contributed by atoms with Crippen molar-refractivity contribution in [1.82, 2.24) is 10.6 Å². The van der Waals surface area contributed by atoms with Gasteiger partial charge in [0.15, 0.2) is 0 Å². The number of amides is 2. The lowest BCUT2D eigenvalue weighted by atomic mass is 9.95. The SMILES string of the molecule is CC[C@@H](Cc1ccc(OC)c(C(=O)NCc2ccc(Oc3cc(Cl)c(Cl)c(Cl)c3)cc2)c1)C(=O)O.CC[C@@H](Cc1ccc(OC)c(C(=O)NCc2ccc(Oc3cc(F)cc(F)c3)cc2)c1)C(=O)O. The van der Waals surface area contributed by atoms with Crippen molar-refractivity contribution in [3.05, 3.63) is 175 Å². The molecule has 0 aliphatic carbocycles. The fourth-order valence-corrected chi connectivity index (χ4v) is 7.43. The van der Waals surface area contributed by atoms with Gasteiger partial charge in [0.05, 0.1) is 52.3 Å². The lowest BCUT2D eigenvalue weighted by molar-refractivity contribution is -0.142. The van der Waals surface area contributed by atoms with Crippen molar-refractivity contribution in [3.63, 3.8) is 0 Å². The van der Waals surface area contributed by atoms with Crippen LogP contribution >= 0.6 is 34.8 Å². The Morgan fingerprint density at radius 2 is 0.884 bits per heavy atom. The van der Waals surface area contributed by atoms with Crippen molar-refractivity contribution < 1.29 is 57.1 Å². The number of ether oxygens (including phenoxy) is 4. The summed E-state index contributed by atoms with van der Waals surface area (Å²) in [5.41, 5.74) is 3.78. The number of hydrogen-bond donors (Lipinski definition) is 4. The van der Waals surface area contributed by atoms with E-state index >= 15 is 0 Å². The van der Waals surface area contributed by atoms with Gasteiger partial charge in [-0.25, -0.2) is 8.78 Å². The average molecular weight is 1010 g/mol. The summed E-state index contributed by atoms with van der Waals surface area (Å²) in [4.78, 5) is 48.4. The predicted octanol–water partition coefficient (Wildman–Crippen LogP) is 12.4. The molecule has 0 aliphatic rings. The quantitative estimate of drug-likeness (QED) is 0.0540. The molecule has 12 nitrogen and oxygen atoms in total. The third kappa shape index (κ3) is 15.6. The van der Waals surface area contributed by atoms with Crippen LogP contribution in [0.1, 0.15) is 69.7 Å². The van der Waals surface area contributed by atoms with Gasteiger partial charge in [0, 0.05) is 43.4 Å². The molecule has 0 heterocycles. The topological polar surface area (TPSA) is 170 Å². The molecule has 0 unspecified atom stereocenters. The normalized spacial score (nSPS) is 11.6. The van der Waals surface area contributed by atoms with Crippen LogP contribution in [0.5, 0.6) is 34.5 Å². The molecule has 69 heavy (non-hydrogen) atoms. The second-order valence-electron chi connectivity index (χ2n) is 15.5. The first-order chi connectivity index (χ1) is 33.0. The Balaban J connectivity index is 0.000000258. The van der Waals surface area contributed by atoms with Crippen molar-refractivity contribution in [2.45, 2.75) is 52.6 Å². The summed E-state index contributed by atoms with van der Waals surface area (Å²) in [6.45, 7) is 4.13. The summed E-state index contributed by atoms with van der Waals surface area (Å²) in [6.07, 6.45) is 1.63. The van der Waals surface area contributed by atoms with Gasteiger partial charge in [-0.15, -0.1) is 0 Å². The Morgan fingerprint density at radius 3 is 1.23 bits per heavy atom. The third-order valence-electron chi connectivity index (χ3n) is 10.7.